The van der Waals surface area contributed by atoms with Gasteiger partial charge in [-0.05, 0) is 36.2 Å². The molecule has 0 aromatic heterocycles. The molecule has 0 radical (unpaired) electrons. The summed E-state index contributed by atoms with van der Waals surface area (Å²) < 4.78 is 0. The summed E-state index contributed by atoms with van der Waals surface area (Å²) in [6.45, 7) is 1.98. The topological polar surface area (TPSA) is 23.8 Å². The van der Waals surface area contributed by atoms with E-state index in [0.29, 0.717) is 0 Å². The molecule has 0 bridgehead atoms. The molecule has 84 valence electrons. The quantitative estimate of drug-likeness (QED) is 0.751. The van der Waals surface area contributed by atoms with Gasteiger partial charge in [0, 0.05) is 10.6 Å². The zero-order valence-corrected chi connectivity index (χ0v) is 10.5. The average molecular weight is 239 g/mol. The number of benzene rings is 2. The van der Waals surface area contributed by atoms with E-state index in [4.69, 9.17) is 5.26 Å². The summed E-state index contributed by atoms with van der Waals surface area (Å²) in [6.07, 6.45) is 0. The van der Waals surface area contributed by atoms with Gasteiger partial charge in [0.1, 0.15) is 0 Å². The van der Waals surface area contributed by atoms with Crippen LogP contribution in [0.1, 0.15) is 16.7 Å². The number of hydrogen-bond acceptors (Lipinski definition) is 2. The van der Waals surface area contributed by atoms with Gasteiger partial charge in [-0.25, -0.2) is 0 Å². The van der Waals surface area contributed by atoms with Crippen molar-refractivity contribution in [1.82, 2.24) is 0 Å². The molecule has 0 fully saturated rings. The van der Waals surface area contributed by atoms with Crippen molar-refractivity contribution >= 4 is 11.8 Å². The Morgan fingerprint density at radius 2 is 1.88 bits per heavy atom. The summed E-state index contributed by atoms with van der Waals surface area (Å²) in [5.41, 5.74) is 3.12. The van der Waals surface area contributed by atoms with Crippen LogP contribution in [0.15, 0.2) is 53.4 Å². The summed E-state index contributed by atoms with van der Waals surface area (Å²) in [5, 5.41) is 8.86. The van der Waals surface area contributed by atoms with E-state index < -0.39 is 0 Å². The fraction of sp³-hybridized carbons (Fsp3) is 0.133. The van der Waals surface area contributed by atoms with E-state index in [1.54, 1.807) is 11.8 Å². The van der Waals surface area contributed by atoms with E-state index in [-0.39, 0.29) is 0 Å². The van der Waals surface area contributed by atoms with Gasteiger partial charge < -0.3 is 0 Å². The molecule has 0 aliphatic carbocycles. The molecule has 0 aliphatic rings. The fourth-order valence-corrected chi connectivity index (χ4v) is 2.54. The third-order valence-corrected chi connectivity index (χ3v) is 3.63. The highest BCUT2D eigenvalue weighted by atomic mass is 32.2. The van der Waals surface area contributed by atoms with Gasteiger partial charge in [-0.1, -0.05) is 30.3 Å². The number of rotatable bonds is 3. The van der Waals surface area contributed by atoms with Crippen LogP contribution >= 0.6 is 11.8 Å². The first-order chi connectivity index (χ1) is 8.29. The van der Waals surface area contributed by atoms with Crippen LogP contribution in [0.4, 0.5) is 0 Å². The maximum absolute atomic E-state index is 8.86. The van der Waals surface area contributed by atoms with Crippen molar-refractivity contribution in [1.29, 1.82) is 5.26 Å². The van der Waals surface area contributed by atoms with Crippen LogP contribution in [-0.4, -0.2) is 0 Å². The zero-order chi connectivity index (χ0) is 12.1. The van der Waals surface area contributed by atoms with Crippen molar-refractivity contribution in [2.24, 2.45) is 0 Å². The molecule has 2 aromatic rings. The van der Waals surface area contributed by atoms with Crippen molar-refractivity contribution in [3.05, 3.63) is 65.2 Å². The summed E-state index contributed by atoms with van der Waals surface area (Å²) in [5.74, 6) is 0.964. The van der Waals surface area contributed by atoms with Crippen LogP contribution in [0.3, 0.4) is 0 Å². The first kappa shape index (κ1) is 11.8. The second-order valence-electron chi connectivity index (χ2n) is 3.86. The molecule has 0 aliphatic heterocycles. The van der Waals surface area contributed by atoms with E-state index in [0.717, 1.165) is 16.9 Å². The Hall–Kier alpha value is -1.72. The largest absolute Gasteiger partial charge is 0.192 e. The second kappa shape index (κ2) is 5.56. The second-order valence-corrected chi connectivity index (χ2v) is 4.91. The number of thioether (sulfide) groups is 1. The summed E-state index contributed by atoms with van der Waals surface area (Å²) in [7, 11) is 0. The van der Waals surface area contributed by atoms with Crippen molar-refractivity contribution < 1.29 is 0 Å². The van der Waals surface area contributed by atoms with Crippen LogP contribution in [0.25, 0.3) is 0 Å². The van der Waals surface area contributed by atoms with Gasteiger partial charge in [0.25, 0.3) is 0 Å². The molecule has 0 N–H and O–H groups in total. The molecule has 0 amide bonds. The monoisotopic (exact) mass is 239 g/mol. The third kappa shape index (κ3) is 3.12. The Labute approximate surface area is 106 Å². The predicted molar refractivity (Wildman–Crippen MR) is 71.9 cm³/mol. The number of nitrogens with zero attached hydrogens (tertiary/aromatic N) is 1. The molecule has 2 heteroatoms. The van der Waals surface area contributed by atoms with E-state index in [9.17, 15) is 0 Å². The fourth-order valence-electron chi connectivity index (χ4n) is 1.59. The van der Waals surface area contributed by atoms with Gasteiger partial charge >= 0.3 is 0 Å². The van der Waals surface area contributed by atoms with Crippen LogP contribution in [0.5, 0.6) is 0 Å². The molecule has 0 heterocycles. The van der Waals surface area contributed by atoms with Crippen molar-refractivity contribution in [2.45, 2.75) is 17.6 Å². The van der Waals surface area contributed by atoms with Gasteiger partial charge in [0.15, 0.2) is 0 Å². The molecule has 0 saturated heterocycles. The minimum Gasteiger partial charge on any atom is -0.192 e. The van der Waals surface area contributed by atoms with Gasteiger partial charge in [-0.3, -0.25) is 0 Å². The molecule has 0 saturated carbocycles. The highest BCUT2D eigenvalue weighted by Gasteiger charge is 2.00. The molecule has 1 nitrogen and oxygen atoms in total. The molecular weight excluding hydrogens is 226 g/mol. The van der Waals surface area contributed by atoms with Crippen molar-refractivity contribution in [2.75, 3.05) is 0 Å². The molecule has 0 spiro atoms. The molecular formula is C15H13NS. The van der Waals surface area contributed by atoms with Gasteiger partial charge in [-0.15, -0.1) is 11.8 Å². The van der Waals surface area contributed by atoms with Crippen LogP contribution < -0.4 is 0 Å². The lowest BCUT2D eigenvalue weighted by atomic mass is 10.1. The Morgan fingerprint density at radius 3 is 2.53 bits per heavy atom. The van der Waals surface area contributed by atoms with Crippen LogP contribution in [0, 0.1) is 18.3 Å². The standard InChI is InChI=1S/C15H13NS/c1-12-9-15(8-7-14(12)10-16)17-11-13-5-3-2-4-6-13/h2-9H,11H2,1H3. The Kier molecular flexibility index (Phi) is 3.85. The third-order valence-electron chi connectivity index (χ3n) is 2.57. The highest BCUT2D eigenvalue weighted by Crippen LogP contribution is 2.24. The van der Waals surface area contributed by atoms with E-state index in [2.05, 4.69) is 36.4 Å². The smallest absolute Gasteiger partial charge is 0.0994 e. The maximum Gasteiger partial charge on any atom is 0.0994 e. The lowest BCUT2D eigenvalue weighted by molar-refractivity contribution is 1.31. The molecule has 0 unspecified atom stereocenters. The van der Waals surface area contributed by atoms with Gasteiger partial charge in [0.05, 0.1) is 11.6 Å². The average Bonchev–Trinajstić information content (AvgIpc) is 2.38. The lowest BCUT2D eigenvalue weighted by Gasteiger charge is -2.04. The van der Waals surface area contributed by atoms with E-state index in [1.807, 2.05) is 25.1 Å². The Bertz CT molecular complexity index is 541. The van der Waals surface area contributed by atoms with Crippen molar-refractivity contribution in [3.8, 4) is 6.07 Å². The molecule has 2 rings (SSSR count). The molecule has 2 aromatic carbocycles. The first-order valence-electron chi connectivity index (χ1n) is 5.47. The number of hydrogen-bond donors (Lipinski definition) is 0. The Balaban J connectivity index is 2.06. The van der Waals surface area contributed by atoms with Gasteiger partial charge in [0.2, 0.25) is 0 Å². The lowest BCUT2D eigenvalue weighted by Crippen LogP contribution is -1.84. The molecule has 0 atom stereocenters. The van der Waals surface area contributed by atoms with Gasteiger partial charge in [-0.2, -0.15) is 5.26 Å². The molecule has 17 heavy (non-hydrogen) atoms. The van der Waals surface area contributed by atoms with E-state index in [1.165, 1.54) is 10.5 Å². The van der Waals surface area contributed by atoms with E-state index >= 15 is 0 Å². The minimum absolute atomic E-state index is 0.758. The van der Waals surface area contributed by atoms with Crippen LogP contribution in [-0.2, 0) is 5.75 Å². The minimum atomic E-state index is 0.758. The number of aryl methyl sites for hydroxylation is 1. The summed E-state index contributed by atoms with van der Waals surface area (Å²) in [6, 6.07) is 18.6. The zero-order valence-electron chi connectivity index (χ0n) is 9.68. The maximum atomic E-state index is 8.86. The summed E-state index contributed by atoms with van der Waals surface area (Å²) >= 11 is 1.80. The SMILES string of the molecule is Cc1cc(SCc2ccccc2)ccc1C#N. The number of nitriles is 1. The highest BCUT2D eigenvalue weighted by molar-refractivity contribution is 7.98. The predicted octanol–water partition coefficient (Wildman–Crippen LogP) is 4.16. The first-order valence-corrected chi connectivity index (χ1v) is 6.45. The van der Waals surface area contributed by atoms with Crippen molar-refractivity contribution in [3.63, 3.8) is 0 Å². The Morgan fingerprint density at radius 1 is 1.12 bits per heavy atom. The van der Waals surface area contributed by atoms with Crippen LogP contribution in [0.2, 0.25) is 0 Å². The summed E-state index contributed by atoms with van der Waals surface area (Å²) in [4.78, 5) is 1.21. The normalized spacial score (nSPS) is 9.88.